The third-order valence-corrected chi connectivity index (χ3v) is 3.96. The number of allylic oxidation sites excluding steroid dienone is 4. The van der Waals surface area contributed by atoms with E-state index in [0.717, 1.165) is 30.6 Å². The van der Waals surface area contributed by atoms with Gasteiger partial charge >= 0.3 is 0 Å². The minimum Gasteiger partial charge on any atom is -0.349 e. The lowest BCUT2D eigenvalue weighted by molar-refractivity contribution is 1.42. The van der Waals surface area contributed by atoms with Crippen molar-refractivity contribution in [1.82, 2.24) is 0 Å². The zero-order valence-electron chi connectivity index (χ0n) is 9.18. The molecule has 0 saturated carbocycles. The lowest BCUT2D eigenvalue weighted by Crippen LogP contribution is -2.31. The molecule has 1 nitrogen and oxygen atoms in total. The van der Waals surface area contributed by atoms with E-state index in [1.165, 1.54) is 5.22 Å². The van der Waals surface area contributed by atoms with Crippen LogP contribution in [-0.4, -0.2) is 0 Å². The molecule has 0 saturated heterocycles. The lowest BCUT2D eigenvalue weighted by atomic mass is 10.1. The summed E-state index contributed by atoms with van der Waals surface area (Å²) in [6.45, 7) is 0. The maximum absolute atomic E-state index is 6.14. The van der Waals surface area contributed by atoms with Crippen molar-refractivity contribution in [2.45, 2.75) is 0 Å². The first kappa shape index (κ1) is 12.3. The van der Waals surface area contributed by atoms with Crippen molar-refractivity contribution in [2.24, 2.45) is 0 Å². The van der Waals surface area contributed by atoms with Crippen molar-refractivity contribution in [3.8, 4) is 0 Å². The van der Waals surface area contributed by atoms with Crippen molar-refractivity contribution in [2.75, 3.05) is 5.32 Å². The maximum Gasteiger partial charge on any atom is 0.0824 e. The predicted octanol–water partition coefficient (Wildman–Crippen LogP) is 3.78. The van der Waals surface area contributed by atoms with Gasteiger partial charge in [-0.2, -0.15) is 0 Å². The van der Waals surface area contributed by atoms with E-state index < -0.39 is 0 Å². The zero-order chi connectivity index (χ0) is 12.7. The normalized spacial score (nSPS) is 16.7. The van der Waals surface area contributed by atoms with Gasteiger partial charge in [0.15, 0.2) is 0 Å². The molecule has 1 N–H and O–H groups in total. The Bertz CT molecular complexity index is 742. The van der Waals surface area contributed by atoms with Crippen LogP contribution in [0, 0.1) is 0 Å². The molecule has 1 aliphatic carbocycles. The molecule has 1 aromatic carbocycles. The van der Waals surface area contributed by atoms with Crippen molar-refractivity contribution < 1.29 is 0 Å². The molecular weight excluding hydrogens is 377 g/mol. The highest BCUT2D eigenvalue weighted by Crippen LogP contribution is 2.20. The number of anilines is 1. The Morgan fingerprint density at radius 3 is 2.61 bits per heavy atom. The molecule has 0 bridgehead atoms. The van der Waals surface area contributed by atoms with Crippen LogP contribution in [0.4, 0.5) is 5.69 Å². The van der Waals surface area contributed by atoms with Crippen LogP contribution in [0.15, 0.2) is 38.4 Å². The molecule has 0 aromatic heterocycles. The monoisotopic (exact) mass is 383 g/mol. The van der Waals surface area contributed by atoms with Crippen LogP contribution in [0.25, 0.3) is 18.2 Å². The summed E-state index contributed by atoms with van der Waals surface area (Å²) >= 11 is 13.1. The largest absolute Gasteiger partial charge is 0.349 e. The molecule has 0 spiro atoms. The second-order valence-electron chi connectivity index (χ2n) is 4.04. The molecule has 1 aromatic rings. The molecule has 90 valence electrons. The second-order valence-corrected chi connectivity index (χ2v) is 6.25. The lowest BCUT2D eigenvalue weighted by Gasteiger charge is -2.11. The summed E-state index contributed by atoms with van der Waals surface area (Å²) in [6, 6.07) is 4.13. The Hall–Kier alpha value is -0.770. The van der Waals surface area contributed by atoms with E-state index in [-0.39, 0.29) is 0 Å². The fourth-order valence-corrected chi connectivity index (χ4v) is 3.25. The van der Waals surface area contributed by atoms with Gasteiger partial charge in [0.25, 0.3) is 0 Å². The Labute approximate surface area is 126 Å². The summed E-state index contributed by atoms with van der Waals surface area (Å²) in [5.41, 5.74) is 2.21. The molecule has 0 unspecified atom stereocenters. The van der Waals surface area contributed by atoms with Crippen LogP contribution in [0.2, 0.25) is 0 Å². The predicted molar refractivity (Wildman–Crippen MR) is 86.1 cm³/mol. The minimum atomic E-state index is 0.720. The van der Waals surface area contributed by atoms with Gasteiger partial charge in [-0.1, -0.05) is 33.6 Å². The molecule has 0 radical (unpaired) electrons. The number of nitrogens with one attached hydrogen (secondary N) is 1. The molecule has 18 heavy (non-hydrogen) atoms. The smallest absolute Gasteiger partial charge is 0.0824 e. The van der Waals surface area contributed by atoms with E-state index >= 15 is 0 Å². The Kier molecular flexibility index (Phi) is 3.22. The SMILES string of the molecule is ClC1=Cc2ccc3c(c2=CC(Br)=C1)=CC=C(Br)N3. The third-order valence-electron chi connectivity index (χ3n) is 2.82. The van der Waals surface area contributed by atoms with Crippen LogP contribution in [0.3, 0.4) is 0 Å². The van der Waals surface area contributed by atoms with Crippen LogP contribution >= 0.6 is 43.5 Å². The number of fused-ring (bicyclic) bond motifs is 3. The molecule has 2 aliphatic rings. The number of hydrogen-bond acceptors (Lipinski definition) is 1. The van der Waals surface area contributed by atoms with Gasteiger partial charge in [0, 0.05) is 20.4 Å². The quantitative estimate of drug-likeness (QED) is 0.670. The van der Waals surface area contributed by atoms with Gasteiger partial charge < -0.3 is 5.32 Å². The maximum atomic E-state index is 6.14. The summed E-state index contributed by atoms with van der Waals surface area (Å²) in [4.78, 5) is 0. The molecule has 3 rings (SSSR count). The standard InChI is InChI=1S/C14H8Br2ClN/c15-9-6-10(17)5-8-1-3-13-11(12(8)7-9)2-4-14(16)18-13/h1-7,18H. The number of benzene rings is 1. The number of halogens is 3. The van der Waals surface area contributed by atoms with Gasteiger partial charge in [0.05, 0.1) is 4.61 Å². The van der Waals surface area contributed by atoms with E-state index in [4.69, 9.17) is 11.6 Å². The first-order chi connectivity index (χ1) is 8.63. The van der Waals surface area contributed by atoms with E-state index in [1.807, 2.05) is 18.2 Å². The molecule has 0 fully saturated rings. The summed E-state index contributed by atoms with van der Waals surface area (Å²) in [6.07, 6.45) is 10.1. The second kappa shape index (κ2) is 4.72. The van der Waals surface area contributed by atoms with Gasteiger partial charge in [0.1, 0.15) is 0 Å². The summed E-state index contributed by atoms with van der Waals surface area (Å²) in [5, 5.41) is 6.35. The molecular formula is C14H8Br2ClN. The molecule has 0 atom stereocenters. The first-order valence-corrected chi connectivity index (χ1v) is 7.33. The van der Waals surface area contributed by atoms with Crippen LogP contribution in [0.5, 0.6) is 0 Å². The topological polar surface area (TPSA) is 12.0 Å². The van der Waals surface area contributed by atoms with Crippen LogP contribution < -0.4 is 15.8 Å². The van der Waals surface area contributed by atoms with Crippen molar-refractivity contribution in [3.63, 3.8) is 0 Å². The zero-order valence-corrected chi connectivity index (χ0v) is 13.1. The van der Waals surface area contributed by atoms with E-state index in [1.54, 1.807) is 0 Å². The first-order valence-electron chi connectivity index (χ1n) is 5.37. The average molecular weight is 385 g/mol. The highest BCUT2D eigenvalue weighted by Gasteiger charge is 2.08. The van der Waals surface area contributed by atoms with Crippen molar-refractivity contribution in [3.05, 3.63) is 54.4 Å². The molecule has 0 amide bonds. The summed E-state index contributed by atoms with van der Waals surface area (Å²) in [7, 11) is 0. The highest BCUT2D eigenvalue weighted by molar-refractivity contribution is 9.12. The van der Waals surface area contributed by atoms with E-state index in [0.29, 0.717) is 0 Å². The highest BCUT2D eigenvalue weighted by atomic mass is 79.9. The van der Waals surface area contributed by atoms with Crippen LogP contribution in [0.1, 0.15) is 5.56 Å². The number of rotatable bonds is 0. The fraction of sp³-hybridized carbons (Fsp3) is 0. The molecule has 1 heterocycles. The fourth-order valence-electron chi connectivity index (χ4n) is 2.06. The summed E-state index contributed by atoms with van der Waals surface area (Å²) in [5.74, 6) is 0. The van der Waals surface area contributed by atoms with Gasteiger partial charge in [-0.05, 0) is 63.2 Å². The summed E-state index contributed by atoms with van der Waals surface area (Å²) < 4.78 is 1.93. The van der Waals surface area contributed by atoms with Crippen molar-refractivity contribution >= 4 is 67.4 Å². The van der Waals surface area contributed by atoms with Gasteiger partial charge in [0.2, 0.25) is 0 Å². The van der Waals surface area contributed by atoms with E-state index in [2.05, 4.69) is 61.5 Å². The van der Waals surface area contributed by atoms with Crippen LogP contribution in [-0.2, 0) is 0 Å². The Morgan fingerprint density at radius 1 is 0.944 bits per heavy atom. The Morgan fingerprint density at radius 2 is 1.78 bits per heavy atom. The number of hydrogen-bond donors (Lipinski definition) is 1. The minimum absolute atomic E-state index is 0.720. The molecule has 1 aliphatic heterocycles. The average Bonchev–Trinajstić information content (AvgIpc) is 2.45. The molecule has 4 heteroatoms. The van der Waals surface area contributed by atoms with Gasteiger partial charge in [-0.15, -0.1) is 0 Å². The third kappa shape index (κ3) is 2.22. The van der Waals surface area contributed by atoms with Gasteiger partial charge in [-0.25, -0.2) is 0 Å². The van der Waals surface area contributed by atoms with Crippen molar-refractivity contribution in [1.29, 1.82) is 0 Å². The van der Waals surface area contributed by atoms with Gasteiger partial charge in [-0.3, -0.25) is 0 Å². The Balaban J connectivity index is 2.41. The van der Waals surface area contributed by atoms with E-state index in [9.17, 15) is 0 Å².